The van der Waals surface area contributed by atoms with Gasteiger partial charge in [0.15, 0.2) is 0 Å². The zero-order valence-corrected chi connectivity index (χ0v) is 11.5. The second-order valence-corrected chi connectivity index (χ2v) is 4.83. The Balaban J connectivity index is 1.95. The van der Waals surface area contributed by atoms with Crippen LogP contribution in [0.1, 0.15) is 36.6 Å². The van der Waals surface area contributed by atoms with E-state index in [-0.39, 0.29) is 11.9 Å². The topological polar surface area (TPSA) is 12.0 Å². The minimum Gasteiger partial charge on any atom is -0.306 e. The number of hydrogen-bond acceptors (Lipinski definition) is 1. The standard InChI is InChI=1S/C17H20FN/c1-3-14-7-9-16(10-8-14)13(2)19-12-15-5-4-6-17(18)11-15/h4-11,13,19H,3,12H2,1-2H3. The maximum Gasteiger partial charge on any atom is 0.123 e. The molecule has 2 rings (SSSR count). The third-order valence-electron chi connectivity index (χ3n) is 3.39. The molecule has 0 bridgehead atoms. The quantitative estimate of drug-likeness (QED) is 0.844. The number of halogens is 1. The molecule has 0 saturated carbocycles. The summed E-state index contributed by atoms with van der Waals surface area (Å²) in [4.78, 5) is 0. The van der Waals surface area contributed by atoms with Crippen molar-refractivity contribution in [2.24, 2.45) is 0 Å². The summed E-state index contributed by atoms with van der Waals surface area (Å²) in [6.45, 7) is 4.95. The molecule has 0 spiro atoms. The maximum atomic E-state index is 13.1. The van der Waals surface area contributed by atoms with Crippen LogP contribution >= 0.6 is 0 Å². The molecule has 1 N–H and O–H groups in total. The van der Waals surface area contributed by atoms with Crippen LogP contribution in [0.15, 0.2) is 48.5 Å². The Bertz CT molecular complexity index is 519. The van der Waals surface area contributed by atoms with E-state index >= 15 is 0 Å². The molecule has 0 aliphatic rings. The van der Waals surface area contributed by atoms with Crippen LogP contribution in [0.4, 0.5) is 4.39 Å². The molecular formula is C17H20FN. The van der Waals surface area contributed by atoms with Crippen molar-refractivity contribution in [3.8, 4) is 0 Å². The first-order chi connectivity index (χ1) is 9.19. The largest absolute Gasteiger partial charge is 0.306 e. The van der Waals surface area contributed by atoms with Crippen LogP contribution in [0, 0.1) is 5.82 Å². The van der Waals surface area contributed by atoms with E-state index in [1.165, 1.54) is 17.2 Å². The smallest absolute Gasteiger partial charge is 0.123 e. The molecule has 2 aromatic rings. The first-order valence-corrected chi connectivity index (χ1v) is 6.75. The van der Waals surface area contributed by atoms with E-state index in [1.807, 2.05) is 6.07 Å². The molecular weight excluding hydrogens is 237 g/mol. The molecule has 0 aliphatic carbocycles. The molecule has 0 aromatic heterocycles. The molecule has 1 atom stereocenters. The molecule has 100 valence electrons. The lowest BCUT2D eigenvalue weighted by atomic mass is 10.0. The highest BCUT2D eigenvalue weighted by Gasteiger charge is 2.05. The Hall–Kier alpha value is -1.67. The van der Waals surface area contributed by atoms with Crippen molar-refractivity contribution in [2.75, 3.05) is 0 Å². The fraction of sp³-hybridized carbons (Fsp3) is 0.294. The second-order valence-electron chi connectivity index (χ2n) is 4.83. The Kier molecular flexibility index (Phi) is 4.69. The summed E-state index contributed by atoms with van der Waals surface area (Å²) in [6.07, 6.45) is 1.06. The zero-order chi connectivity index (χ0) is 13.7. The monoisotopic (exact) mass is 257 g/mol. The van der Waals surface area contributed by atoms with Gasteiger partial charge in [0.05, 0.1) is 0 Å². The Morgan fingerprint density at radius 3 is 2.42 bits per heavy atom. The summed E-state index contributed by atoms with van der Waals surface area (Å²) < 4.78 is 13.1. The summed E-state index contributed by atoms with van der Waals surface area (Å²) >= 11 is 0. The fourth-order valence-electron chi connectivity index (χ4n) is 2.08. The minimum absolute atomic E-state index is 0.181. The van der Waals surface area contributed by atoms with Gasteiger partial charge in [-0.3, -0.25) is 0 Å². The van der Waals surface area contributed by atoms with Gasteiger partial charge < -0.3 is 5.32 Å². The maximum absolute atomic E-state index is 13.1. The van der Waals surface area contributed by atoms with Gasteiger partial charge in [0.1, 0.15) is 5.82 Å². The number of rotatable bonds is 5. The number of aryl methyl sites for hydroxylation is 1. The van der Waals surface area contributed by atoms with Gasteiger partial charge in [0, 0.05) is 12.6 Å². The summed E-state index contributed by atoms with van der Waals surface area (Å²) in [5.41, 5.74) is 3.58. The highest BCUT2D eigenvalue weighted by atomic mass is 19.1. The Morgan fingerprint density at radius 1 is 1.05 bits per heavy atom. The van der Waals surface area contributed by atoms with Crippen LogP contribution < -0.4 is 5.32 Å². The van der Waals surface area contributed by atoms with Crippen molar-refractivity contribution in [3.05, 3.63) is 71.0 Å². The van der Waals surface area contributed by atoms with E-state index in [4.69, 9.17) is 0 Å². The Morgan fingerprint density at radius 2 is 1.79 bits per heavy atom. The lowest BCUT2D eigenvalue weighted by molar-refractivity contribution is 0.569. The average Bonchev–Trinajstić information content (AvgIpc) is 2.45. The van der Waals surface area contributed by atoms with E-state index in [2.05, 4.69) is 43.4 Å². The number of nitrogens with one attached hydrogen (secondary N) is 1. The van der Waals surface area contributed by atoms with Crippen molar-refractivity contribution in [1.82, 2.24) is 5.32 Å². The van der Waals surface area contributed by atoms with Crippen LogP contribution in [-0.2, 0) is 13.0 Å². The van der Waals surface area contributed by atoms with Gasteiger partial charge in [0.25, 0.3) is 0 Å². The molecule has 0 saturated heterocycles. The molecule has 2 heteroatoms. The van der Waals surface area contributed by atoms with Crippen LogP contribution in [0.2, 0.25) is 0 Å². The van der Waals surface area contributed by atoms with Crippen LogP contribution in [0.3, 0.4) is 0 Å². The van der Waals surface area contributed by atoms with Crippen molar-refractivity contribution < 1.29 is 4.39 Å². The van der Waals surface area contributed by atoms with Gasteiger partial charge >= 0.3 is 0 Å². The second kappa shape index (κ2) is 6.48. The Labute approximate surface area is 114 Å². The third kappa shape index (κ3) is 3.90. The van der Waals surface area contributed by atoms with E-state index in [0.29, 0.717) is 6.54 Å². The highest BCUT2D eigenvalue weighted by molar-refractivity contribution is 5.25. The van der Waals surface area contributed by atoms with Gasteiger partial charge in [0.2, 0.25) is 0 Å². The van der Waals surface area contributed by atoms with Gasteiger partial charge in [-0.05, 0) is 42.2 Å². The number of hydrogen-bond donors (Lipinski definition) is 1. The highest BCUT2D eigenvalue weighted by Crippen LogP contribution is 2.14. The molecule has 0 fully saturated rings. The van der Waals surface area contributed by atoms with Crippen molar-refractivity contribution >= 4 is 0 Å². The normalized spacial score (nSPS) is 12.4. The fourth-order valence-corrected chi connectivity index (χ4v) is 2.08. The summed E-state index contributed by atoms with van der Waals surface area (Å²) in [6, 6.07) is 15.6. The van der Waals surface area contributed by atoms with Crippen LogP contribution in [-0.4, -0.2) is 0 Å². The molecule has 19 heavy (non-hydrogen) atoms. The van der Waals surface area contributed by atoms with Gasteiger partial charge in [-0.2, -0.15) is 0 Å². The van der Waals surface area contributed by atoms with Crippen molar-refractivity contribution in [2.45, 2.75) is 32.9 Å². The minimum atomic E-state index is -0.181. The SMILES string of the molecule is CCc1ccc(C(C)NCc2cccc(F)c2)cc1. The van der Waals surface area contributed by atoms with Crippen LogP contribution in [0.5, 0.6) is 0 Å². The van der Waals surface area contributed by atoms with E-state index in [0.717, 1.165) is 12.0 Å². The molecule has 0 heterocycles. The molecule has 2 aromatic carbocycles. The first-order valence-electron chi connectivity index (χ1n) is 6.75. The lowest BCUT2D eigenvalue weighted by Crippen LogP contribution is -2.18. The van der Waals surface area contributed by atoms with Gasteiger partial charge in [-0.1, -0.05) is 43.3 Å². The summed E-state index contributed by atoms with van der Waals surface area (Å²) in [5, 5.41) is 3.41. The molecule has 1 unspecified atom stereocenters. The zero-order valence-electron chi connectivity index (χ0n) is 11.5. The summed E-state index contributed by atoms with van der Waals surface area (Å²) in [7, 11) is 0. The van der Waals surface area contributed by atoms with Gasteiger partial charge in [-0.15, -0.1) is 0 Å². The average molecular weight is 257 g/mol. The van der Waals surface area contributed by atoms with E-state index in [9.17, 15) is 4.39 Å². The molecule has 0 aliphatic heterocycles. The first kappa shape index (κ1) is 13.8. The predicted molar refractivity (Wildman–Crippen MR) is 77.5 cm³/mol. The van der Waals surface area contributed by atoms with Crippen molar-refractivity contribution in [1.29, 1.82) is 0 Å². The lowest BCUT2D eigenvalue weighted by Gasteiger charge is -2.15. The molecule has 0 amide bonds. The van der Waals surface area contributed by atoms with Crippen LogP contribution in [0.25, 0.3) is 0 Å². The van der Waals surface area contributed by atoms with E-state index in [1.54, 1.807) is 12.1 Å². The predicted octanol–water partition coefficient (Wildman–Crippen LogP) is 4.24. The van der Waals surface area contributed by atoms with Crippen molar-refractivity contribution in [3.63, 3.8) is 0 Å². The molecule has 0 radical (unpaired) electrons. The summed E-state index contributed by atoms with van der Waals surface area (Å²) in [5.74, 6) is -0.181. The third-order valence-corrected chi connectivity index (χ3v) is 3.39. The molecule has 1 nitrogen and oxygen atoms in total. The van der Waals surface area contributed by atoms with Gasteiger partial charge in [-0.25, -0.2) is 4.39 Å². The number of benzene rings is 2. The van der Waals surface area contributed by atoms with E-state index < -0.39 is 0 Å².